The molecule has 3 aromatic rings. The van der Waals surface area contributed by atoms with Crippen molar-refractivity contribution in [3.8, 4) is 5.75 Å². The maximum absolute atomic E-state index is 10.6. The monoisotopic (exact) mass is 538 g/mol. The third kappa shape index (κ3) is 5.23. The van der Waals surface area contributed by atoms with E-state index in [4.69, 9.17) is 21.3 Å². The zero-order chi connectivity index (χ0) is 23.5. The highest BCUT2D eigenvalue weighted by molar-refractivity contribution is 9.10. The molecular formula is C28H28BrClN2O2. The van der Waals surface area contributed by atoms with Crippen molar-refractivity contribution < 1.29 is 9.84 Å². The van der Waals surface area contributed by atoms with Crippen LogP contribution in [0.4, 0.5) is 0 Å². The van der Waals surface area contributed by atoms with Crippen molar-refractivity contribution in [2.24, 2.45) is 0 Å². The van der Waals surface area contributed by atoms with E-state index in [1.54, 1.807) is 0 Å². The quantitative estimate of drug-likeness (QED) is 0.436. The molecule has 34 heavy (non-hydrogen) atoms. The molecule has 1 fully saturated rings. The van der Waals surface area contributed by atoms with Crippen LogP contribution >= 0.6 is 27.5 Å². The van der Waals surface area contributed by atoms with E-state index in [9.17, 15) is 5.11 Å². The SMILES string of the molecule is OC(COc1ccccc1Br)CN1CCC(=C2c3ccc(Cl)cc3CCc3cccnc32)CC1. The Hall–Kier alpha value is -2.18. The number of pyridine rings is 1. The Labute approximate surface area is 214 Å². The number of aliphatic hydroxyl groups excluding tert-OH is 1. The van der Waals surface area contributed by atoms with Gasteiger partial charge < -0.3 is 9.84 Å². The minimum absolute atomic E-state index is 0.276. The maximum atomic E-state index is 10.6. The lowest BCUT2D eigenvalue weighted by atomic mass is 9.88. The van der Waals surface area contributed by atoms with Crippen molar-refractivity contribution in [1.29, 1.82) is 0 Å². The number of aromatic nitrogens is 1. The Morgan fingerprint density at radius 3 is 2.62 bits per heavy atom. The van der Waals surface area contributed by atoms with Gasteiger partial charge in [-0.2, -0.15) is 0 Å². The van der Waals surface area contributed by atoms with E-state index in [0.29, 0.717) is 6.54 Å². The third-order valence-electron chi connectivity index (χ3n) is 6.68. The zero-order valence-corrected chi connectivity index (χ0v) is 21.4. The molecule has 1 aromatic heterocycles. The first kappa shape index (κ1) is 23.6. The minimum Gasteiger partial charge on any atom is -0.490 e. The van der Waals surface area contributed by atoms with E-state index in [1.807, 2.05) is 42.6 Å². The van der Waals surface area contributed by atoms with E-state index in [0.717, 1.165) is 59.7 Å². The molecule has 5 rings (SSSR count). The first-order valence-corrected chi connectivity index (χ1v) is 13.0. The number of para-hydroxylation sites is 1. The highest BCUT2D eigenvalue weighted by Gasteiger charge is 2.25. The number of hydrogen-bond acceptors (Lipinski definition) is 4. The molecule has 4 nitrogen and oxygen atoms in total. The summed E-state index contributed by atoms with van der Waals surface area (Å²) in [6.07, 6.45) is 5.24. The molecular weight excluding hydrogens is 512 g/mol. The number of hydrogen-bond donors (Lipinski definition) is 1. The van der Waals surface area contributed by atoms with Crippen LogP contribution in [0.5, 0.6) is 5.75 Å². The Morgan fingerprint density at radius 1 is 1.00 bits per heavy atom. The second-order valence-corrected chi connectivity index (χ2v) is 10.3. The molecule has 2 heterocycles. The van der Waals surface area contributed by atoms with Crippen LogP contribution in [0.25, 0.3) is 5.57 Å². The van der Waals surface area contributed by atoms with E-state index in [-0.39, 0.29) is 6.61 Å². The van der Waals surface area contributed by atoms with Crippen LogP contribution in [0, 0.1) is 0 Å². The molecule has 2 aliphatic rings. The molecule has 0 bridgehead atoms. The number of piperidine rings is 1. The molecule has 1 N–H and O–H groups in total. The molecule has 1 saturated heterocycles. The first-order chi connectivity index (χ1) is 16.6. The highest BCUT2D eigenvalue weighted by Crippen LogP contribution is 2.38. The topological polar surface area (TPSA) is 45.6 Å². The average Bonchev–Trinajstić information content (AvgIpc) is 3.01. The second kappa shape index (κ2) is 10.6. The number of rotatable bonds is 5. The van der Waals surface area contributed by atoms with Gasteiger partial charge in [-0.3, -0.25) is 9.88 Å². The van der Waals surface area contributed by atoms with Gasteiger partial charge in [0.15, 0.2) is 0 Å². The van der Waals surface area contributed by atoms with Crippen LogP contribution in [0.2, 0.25) is 5.02 Å². The fourth-order valence-electron chi connectivity index (χ4n) is 4.99. The predicted molar refractivity (Wildman–Crippen MR) is 140 cm³/mol. The van der Waals surface area contributed by atoms with E-state index in [2.05, 4.69) is 39.0 Å². The number of benzene rings is 2. The summed E-state index contributed by atoms with van der Waals surface area (Å²) in [5.74, 6) is 0.755. The molecule has 0 amide bonds. The lowest BCUT2D eigenvalue weighted by Crippen LogP contribution is -2.39. The number of halogens is 2. The summed E-state index contributed by atoms with van der Waals surface area (Å²) in [6, 6.07) is 18.2. The molecule has 176 valence electrons. The summed E-state index contributed by atoms with van der Waals surface area (Å²) < 4.78 is 6.70. The van der Waals surface area contributed by atoms with Crippen molar-refractivity contribution in [3.05, 3.63) is 98.2 Å². The molecule has 0 radical (unpaired) electrons. The van der Waals surface area contributed by atoms with Crippen molar-refractivity contribution in [2.45, 2.75) is 31.8 Å². The van der Waals surface area contributed by atoms with Crippen LogP contribution in [0.1, 0.15) is 35.2 Å². The van der Waals surface area contributed by atoms with Crippen LogP contribution in [-0.2, 0) is 12.8 Å². The number of likely N-dealkylation sites (tertiary alicyclic amines) is 1. The van der Waals surface area contributed by atoms with E-state index < -0.39 is 6.10 Å². The van der Waals surface area contributed by atoms with Crippen LogP contribution in [0.3, 0.4) is 0 Å². The summed E-state index contributed by atoms with van der Waals surface area (Å²) in [6.45, 7) is 2.71. The zero-order valence-electron chi connectivity index (χ0n) is 19.0. The van der Waals surface area contributed by atoms with Gasteiger partial charge in [-0.25, -0.2) is 0 Å². The van der Waals surface area contributed by atoms with Gasteiger partial charge in [-0.15, -0.1) is 0 Å². The van der Waals surface area contributed by atoms with Crippen molar-refractivity contribution >= 4 is 33.1 Å². The molecule has 2 aromatic carbocycles. The summed E-state index contributed by atoms with van der Waals surface area (Å²) >= 11 is 9.83. The van der Waals surface area contributed by atoms with Crippen LogP contribution < -0.4 is 4.74 Å². The lowest BCUT2D eigenvalue weighted by molar-refractivity contribution is 0.0654. The second-order valence-electron chi connectivity index (χ2n) is 8.99. The Kier molecular flexibility index (Phi) is 7.35. The summed E-state index contributed by atoms with van der Waals surface area (Å²) in [7, 11) is 0. The molecule has 1 aliphatic carbocycles. The molecule has 0 spiro atoms. The fraction of sp³-hybridized carbons (Fsp3) is 0.321. The summed E-state index contributed by atoms with van der Waals surface area (Å²) in [4.78, 5) is 7.15. The molecule has 6 heteroatoms. The number of aryl methyl sites for hydroxylation is 2. The smallest absolute Gasteiger partial charge is 0.133 e. The number of fused-ring (bicyclic) bond motifs is 2. The third-order valence-corrected chi connectivity index (χ3v) is 7.57. The maximum Gasteiger partial charge on any atom is 0.133 e. The van der Waals surface area contributed by atoms with Crippen molar-refractivity contribution in [2.75, 3.05) is 26.2 Å². The first-order valence-electron chi connectivity index (χ1n) is 11.8. The normalized spacial score (nSPS) is 17.0. The highest BCUT2D eigenvalue weighted by atomic mass is 79.9. The number of nitrogens with zero attached hydrogens (tertiary/aromatic N) is 2. The van der Waals surface area contributed by atoms with Gasteiger partial charge in [0.2, 0.25) is 0 Å². The predicted octanol–water partition coefficient (Wildman–Crippen LogP) is 5.93. The lowest BCUT2D eigenvalue weighted by Gasteiger charge is -2.31. The Morgan fingerprint density at radius 2 is 1.79 bits per heavy atom. The van der Waals surface area contributed by atoms with E-state index in [1.165, 1.54) is 27.8 Å². The molecule has 1 unspecified atom stereocenters. The van der Waals surface area contributed by atoms with Crippen molar-refractivity contribution in [3.63, 3.8) is 0 Å². The van der Waals surface area contributed by atoms with Gasteiger partial charge in [0.1, 0.15) is 18.5 Å². The number of ether oxygens (including phenoxy) is 1. The van der Waals surface area contributed by atoms with Crippen molar-refractivity contribution in [1.82, 2.24) is 9.88 Å². The summed E-state index contributed by atoms with van der Waals surface area (Å²) in [5, 5.41) is 11.4. The summed E-state index contributed by atoms with van der Waals surface area (Å²) in [5.41, 5.74) is 7.73. The van der Waals surface area contributed by atoms with Gasteiger partial charge in [0, 0.05) is 36.4 Å². The van der Waals surface area contributed by atoms with Gasteiger partial charge >= 0.3 is 0 Å². The van der Waals surface area contributed by atoms with Crippen LogP contribution in [-0.4, -0.2) is 47.3 Å². The number of aliphatic hydroxyl groups is 1. The largest absolute Gasteiger partial charge is 0.490 e. The minimum atomic E-state index is -0.538. The van der Waals surface area contributed by atoms with Crippen LogP contribution in [0.15, 0.2) is 70.8 Å². The van der Waals surface area contributed by atoms with Gasteiger partial charge in [-0.1, -0.05) is 41.4 Å². The van der Waals surface area contributed by atoms with Gasteiger partial charge in [0.05, 0.1) is 10.2 Å². The average molecular weight is 540 g/mol. The van der Waals surface area contributed by atoms with Gasteiger partial charge in [0.25, 0.3) is 0 Å². The standard InChI is InChI=1S/C28H28BrClN2O2/c29-25-5-1-2-6-26(25)34-18-23(33)17-32-14-11-19(12-15-32)27-24-10-9-22(30)16-21(24)8-7-20-4-3-13-31-28(20)27/h1-6,9-10,13,16,23,33H,7-8,11-12,14-15,17-18H2. The fourth-order valence-corrected chi connectivity index (χ4v) is 5.58. The van der Waals surface area contributed by atoms with E-state index >= 15 is 0 Å². The Balaban J connectivity index is 1.30. The van der Waals surface area contributed by atoms with Gasteiger partial charge in [-0.05, 0) is 88.6 Å². The number of β-amino-alcohol motifs (C(OH)–C–C–N with tert-alkyl or cyclic N) is 1. The molecule has 0 saturated carbocycles. The molecule has 1 aliphatic heterocycles. The Bertz CT molecular complexity index is 1200. The molecule has 1 atom stereocenters.